The van der Waals surface area contributed by atoms with E-state index >= 15 is 0 Å². The summed E-state index contributed by atoms with van der Waals surface area (Å²) in [5, 5.41) is 0.372. The van der Waals surface area contributed by atoms with Crippen LogP contribution < -0.4 is 0 Å². The Morgan fingerprint density at radius 3 is 2.18 bits per heavy atom. The molecule has 0 aliphatic heterocycles. The van der Waals surface area contributed by atoms with Crippen molar-refractivity contribution in [2.24, 2.45) is 0 Å². The second-order valence-corrected chi connectivity index (χ2v) is 2.59. The zero-order chi connectivity index (χ0) is 9.02. The molecule has 0 unspecified atom stereocenters. The number of halogens is 1. The van der Waals surface area contributed by atoms with Gasteiger partial charge in [-0.15, -0.1) is 0 Å². The molecule has 62 valence electrons. The number of rotatable bonds is 2. The Labute approximate surface area is 71.5 Å². The summed E-state index contributed by atoms with van der Waals surface area (Å²) in [5.41, 5.74) is 1.05. The summed E-state index contributed by atoms with van der Waals surface area (Å²) in [6.07, 6.45) is 0. The van der Waals surface area contributed by atoms with Crippen LogP contribution in [0.3, 0.4) is 0 Å². The standard InChI is InChI=1S/C8H11ClO2/c1-5(2)7(9)6(3)8(10)11-4/h1H2,2-4H3. The van der Waals surface area contributed by atoms with Crippen LogP contribution >= 0.6 is 11.6 Å². The van der Waals surface area contributed by atoms with Crippen molar-refractivity contribution in [3.05, 3.63) is 22.8 Å². The van der Waals surface area contributed by atoms with E-state index in [4.69, 9.17) is 11.6 Å². The fraction of sp³-hybridized carbons (Fsp3) is 0.375. The number of hydrogen-bond donors (Lipinski definition) is 0. The lowest BCUT2D eigenvalue weighted by Gasteiger charge is -2.02. The maximum absolute atomic E-state index is 10.9. The molecular weight excluding hydrogens is 164 g/mol. The van der Waals surface area contributed by atoms with Gasteiger partial charge in [0.1, 0.15) is 0 Å². The van der Waals surface area contributed by atoms with E-state index in [1.807, 2.05) is 0 Å². The summed E-state index contributed by atoms with van der Waals surface area (Å²) in [7, 11) is 1.31. The van der Waals surface area contributed by atoms with E-state index in [2.05, 4.69) is 11.3 Å². The Balaban J connectivity index is 4.66. The van der Waals surface area contributed by atoms with Gasteiger partial charge in [0.15, 0.2) is 0 Å². The molecule has 0 radical (unpaired) electrons. The average molecular weight is 175 g/mol. The average Bonchev–Trinajstić information content (AvgIpc) is 2.00. The molecule has 0 bridgehead atoms. The van der Waals surface area contributed by atoms with Crippen LogP contribution in [-0.4, -0.2) is 13.1 Å². The van der Waals surface area contributed by atoms with Crippen molar-refractivity contribution in [3.8, 4) is 0 Å². The van der Waals surface area contributed by atoms with Crippen molar-refractivity contribution in [1.82, 2.24) is 0 Å². The van der Waals surface area contributed by atoms with E-state index in [-0.39, 0.29) is 0 Å². The zero-order valence-corrected chi connectivity index (χ0v) is 7.66. The Kier molecular flexibility index (Phi) is 3.90. The van der Waals surface area contributed by atoms with Crippen molar-refractivity contribution in [3.63, 3.8) is 0 Å². The first-order valence-corrected chi connectivity index (χ1v) is 3.49. The first-order chi connectivity index (χ1) is 5.00. The summed E-state index contributed by atoms with van der Waals surface area (Å²) in [4.78, 5) is 10.9. The summed E-state index contributed by atoms with van der Waals surface area (Å²) in [6, 6.07) is 0. The van der Waals surface area contributed by atoms with Gasteiger partial charge < -0.3 is 4.74 Å². The van der Waals surface area contributed by atoms with Crippen LogP contribution in [0.25, 0.3) is 0 Å². The Morgan fingerprint density at radius 1 is 1.45 bits per heavy atom. The third-order valence-corrected chi connectivity index (χ3v) is 1.80. The Hall–Kier alpha value is -0.760. The lowest BCUT2D eigenvalue weighted by Crippen LogP contribution is -2.03. The molecule has 0 aromatic rings. The molecule has 0 heterocycles. The van der Waals surface area contributed by atoms with Crippen molar-refractivity contribution < 1.29 is 9.53 Å². The quantitative estimate of drug-likeness (QED) is 0.365. The Morgan fingerprint density at radius 2 is 1.91 bits per heavy atom. The van der Waals surface area contributed by atoms with Crippen LogP contribution in [-0.2, 0) is 9.53 Å². The lowest BCUT2D eigenvalue weighted by molar-refractivity contribution is -0.136. The molecule has 0 atom stereocenters. The van der Waals surface area contributed by atoms with Gasteiger partial charge in [-0.2, -0.15) is 0 Å². The zero-order valence-electron chi connectivity index (χ0n) is 6.90. The van der Waals surface area contributed by atoms with Gasteiger partial charge in [0.25, 0.3) is 0 Å². The molecule has 0 aliphatic rings. The number of ether oxygens (including phenoxy) is 1. The third-order valence-electron chi connectivity index (χ3n) is 1.20. The highest BCUT2D eigenvalue weighted by molar-refractivity contribution is 6.33. The minimum Gasteiger partial charge on any atom is -0.466 e. The van der Waals surface area contributed by atoms with Crippen molar-refractivity contribution in [1.29, 1.82) is 0 Å². The molecule has 0 N–H and O–H groups in total. The molecule has 0 aliphatic carbocycles. The van der Waals surface area contributed by atoms with Crippen LogP contribution in [0, 0.1) is 0 Å². The van der Waals surface area contributed by atoms with Crippen LogP contribution in [0.4, 0.5) is 0 Å². The topological polar surface area (TPSA) is 26.3 Å². The summed E-state index contributed by atoms with van der Waals surface area (Å²) >= 11 is 5.72. The first kappa shape index (κ1) is 10.2. The maximum atomic E-state index is 10.9. The molecule has 2 nitrogen and oxygen atoms in total. The van der Waals surface area contributed by atoms with E-state index in [1.165, 1.54) is 7.11 Å². The number of carbonyl (C=O) groups is 1. The van der Waals surface area contributed by atoms with Gasteiger partial charge in [-0.1, -0.05) is 18.2 Å². The fourth-order valence-electron chi connectivity index (χ4n) is 0.563. The predicted octanol–water partition coefficient (Wildman–Crippen LogP) is 2.25. The number of hydrogen-bond acceptors (Lipinski definition) is 2. The number of methoxy groups -OCH3 is 1. The highest BCUT2D eigenvalue weighted by Crippen LogP contribution is 2.17. The molecule has 0 fully saturated rings. The fourth-order valence-corrected chi connectivity index (χ4v) is 0.640. The minimum absolute atomic E-state index is 0.372. The molecule has 0 saturated heterocycles. The first-order valence-electron chi connectivity index (χ1n) is 3.11. The predicted molar refractivity (Wildman–Crippen MR) is 45.4 cm³/mol. The van der Waals surface area contributed by atoms with E-state index < -0.39 is 5.97 Å². The normalized spacial score (nSPS) is 12.0. The molecule has 0 spiro atoms. The number of esters is 1. The molecule has 3 heteroatoms. The summed E-state index contributed by atoms with van der Waals surface area (Å²) in [6.45, 7) is 6.93. The van der Waals surface area contributed by atoms with Crippen LogP contribution in [0.15, 0.2) is 22.8 Å². The molecule has 0 saturated carbocycles. The SMILES string of the molecule is C=C(C)C(Cl)=C(C)C(=O)OC. The summed E-state index contributed by atoms with van der Waals surface area (Å²) < 4.78 is 4.46. The second-order valence-electron chi connectivity index (χ2n) is 2.21. The molecule has 0 rings (SSSR count). The van der Waals surface area contributed by atoms with Crippen LogP contribution in [0.5, 0.6) is 0 Å². The monoisotopic (exact) mass is 174 g/mol. The summed E-state index contributed by atoms with van der Waals surface area (Å²) in [5.74, 6) is -0.419. The maximum Gasteiger partial charge on any atom is 0.334 e. The second kappa shape index (κ2) is 4.19. The van der Waals surface area contributed by atoms with Gasteiger partial charge in [0, 0.05) is 0 Å². The largest absolute Gasteiger partial charge is 0.466 e. The van der Waals surface area contributed by atoms with E-state index in [9.17, 15) is 4.79 Å². The molecule has 0 aromatic heterocycles. The smallest absolute Gasteiger partial charge is 0.334 e. The van der Waals surface area contributed by atoms with E-state index in [1.54, 1.807) is 13.8 Å². The lowest BCUT2D eigenvalue weighted by atomic mass is 10.2. The van der Waals surface area contributed by atoms with E-state index in [0.29, 0.717) is 16.2 Å². The van der Waals surface area contributed by atoms with Gasteiger partial charge in [-0.05, 0) is 19.4 Å². The minimum atomic E-state index is -0.419. The van der Waals surface area contributed by atoms with Gasteiger partial charge in [0.05, 0.1) is 17.7 Å². The van der Waals surface area contributed by atoms with Crippen LogP contribution in [0.1, 0.15) is 13.8 Å². The molecule has 0 amide bonds. The van der Waals surface area contributed by atoms with Gasteiger partial charge >= 0.3 is 5.97 Å². The van der Waals surface area contributed by atoms with Crippen molar-refractivity contribution in [2.45, 2.75) is 13.8 Å². The van der Waals surface area contributed by atoms with Gasteiger partial charge in [-0.3, -0.25) is 0 Å². The molecule has 0 aromatic carbocycles. The van der Waals surface area contributed by atoms with E-state index in [0.717, 1.165) is 0 Å². The highest BCUT2D eigenvalue weighted by atomic mass is 35.5. The van der Waals surface area contributed by atoms with Crippen LogP contribution in [0.2, 0.25) is 0 Å². The van der Waals surface area contributed by atoms with Crippen molar-refractivity contribution in [2.75, 3.05) is 7.11 Å². The van der Waals surface area contributed by atoms with Gasteiger partial charge in [0.2, 0.25) is 0 Å². The highest BCUT2D eigenvalue weighted by Gasteiger charge is 2.08. The van der Waals surface area contributed by atoms with Crippen molar-refractivity contribution >= 4 is 17.6 Å². The molecular formula is C8H11ClO2. The Bertz CT molecular complexity index is 216. The number of carbonyl (C=O) groups excluding carboxylic acids is 1. The third kappa shape index (κ3) is 2.76. The number of allylic oxidation sites excluding steroid dienone is 2. The molecule has 11 heavy (non-hydrogen) atoms. The van der Waals surface area contributed by atoms with Gasteiger partial charge in [-0.25, -0.2) is 4.79 Å².